The van der Waals surface area contributed by atoms with Crippen molar-refractivity contribution in [2.75, 3.05) is 24.9 Å². The van der Waals surface area contributed by atoms with Crippen LogP contribution in [0.3, 0.4) is 0 Å². The van der Waals surface area contributed by atoms with E-state index in [1.54, 1.807) is 44.2 Å². The number of anilines is 2. The van der Waals surface area contributed by atoms with E-state index in [0.29, 0.717) is 47.6 Å². The predicted molar refractivity (Wildman–Crippen MR) is 144 cm³/mol. The summed E-state index contributed by atoms with van der Waals surface area (Å²) in [7, 11) is 3.18. The lowest BCUT2D eigenvalue weighted by molar-refractivity contribution is -0.138. The molecule has 1 heterocycles. The lowest BCUT2D eigenvalue weighted by Gasteiger charge is -2.23. The Labute approximate surface area is 217 Å². The molecule has 8 heteroatoms. The zero-order valence-corrected chi connectivity index (χ0v) is 21.8. The van der Waals surface area contributed by atoms with Gasteiger partial charge < -0.3 is 29.7 Å². The fourth-order valence-corrected chi connectivity index (χ4v) is 4.24. The SMILES string of the molecule is COc1ccc(CN2Cc3cc(NC(=O)Nc4ccc(C(C)C)cc4)ccc3OC(C)C2=O)c(OC)c1. The van der Waals surface area contributed by atoms with E-state index in [-0.39, 0.29) is 11.9 Å². The second-order valence-corrected chi connectivity index (χ2v) is 9.31. The highest BCUT2D eigenvalue weighted by molar-refractivity contribution is 5.99. The summed E-state index contributed by atoms with van der Waals surface area (Å²) < 4.78 is 16.7. The molecule has 3 aromatic rings. The molecule has 0 aromatic heterocycles. The smallest absolute Gasteiger partial charge is 0.323 e. The average molecular weight is 504 g/mol. The molecule has 0 saturated carbocycles. The Hall–Kier alpha value is -4.20. The van der Waals surface area contributed by atoms with Crippen molar-refractivity contribution in [3.63, 3.8) is 0 Å². The largest absolute Gasteiger partial charge is 0.497 e. The number of hydrogen-bond donors (Lipinski definition) is 2. The second-order valence-electron chi connectivity index (χ2n) is 9.31. The first-order valence-electron chi connectivity index (χ1n) is 12.2. The van der Waals surface area contributed by atoms with Gasteiger partial charge in [-0.05, 0) is 60.9 Å². The summed E-state index contributed by atoms with van der Waals surface area (Å²) in [4.78, 5) is 27.5. The maximum atomic E-state index is 13.1. The molecule has 194 valence electrons. The summed E-state index contributed by atoms with van der Waals surface area (Å²) in [6, 6.07) is 18.3. The third kappa shape index (κ3) is 6.14. The van der Waals surface area contributed by atoms with Crippen LogP contribution >= 0.6 is 0 Å². The number of carbonyl (C=O) groups excluding carboxylic acids is 2. The van der Waals surface area contributed by atoms with E-state index in [9.17, 15) is 9.59 Å². The zero-order valence-electron chi connectivity index (χ0n) is 21.8. The summed E-state index contributed by atoms with van der Waals surface area (Å²) in [5.74, 6) is 2.21. The maximum Gasteiger partial charge on any atom is 0.323 e. The number of carbonyl (C=O) groups is 2. The minimum absolute atomic E-state index is 0.133. The monoisotopic (exact) mass is 503 g/mol. The van der Waals surface area contributed by atoms with Gasteiger partial charge in [0.1, 0.15) is 17.2 Å². The maximum absolute atomic E-state index is 13.1. The number of nitrogens with zero attached hydrogens (tertiary/aromatic N) is 1. The molecule has 2 N–H and O–H groups in total. The average Bonchev–Trinajstić information content (AvgIpc) is 3.00. The Morgan fingerprint density at radius 3 is 2.38 bits per heavy atom. The van der Waals surface area contributed by atoms with Gasteiger partial charge in [0.15, 0.2) is 6.10 Å². The van der Waals surface area contributed by atoms with Crippen LogP contribution < -0.4 is 24.8 Å². The summed E-state index contributed by atoms with van der Waals surface area (Å²) in [6.07, 6.45) is -0.651. The lowest BCUT2D eigenvalue weighted by Crippen LogP contribution is -2.37. The van der Waals surface area contributed by atoms with Crippen LogP contribution in [0, 0.1) is 0 Å². The van der Waals surface area contributed by atoms with Crippen LogP contribution in [0.15, 0.2) is 60.7 Å². The Bertz CT molecular complexity index is 1270. The van der Waals surface area contributed by atoms with Crippen LogP contribution in [0.5, 0.6) is 17.2 Å². The van der Waals surface area contributed by atoms with Gasteiger partial charge in [-0.15, -0.1) is 0 Å². The van der Waals surface area contributed by atoms with Crippen molar-refractivity contribution in [2.24, 2.45) is 0 Å². The molecular weight excluding hydrogens is 470 g/mol. The molecule has 1 aliphatic rings. The fraction of sp³-hybridized carbons (Fsp3) is 0.310. The van der Waals surface area contributed by atoms with Gasteiger partial charge >= 0.3 is 6.03 Å². The topological polar surface area (TPSA) is 89.1 Å². The van der Waals surface area contributed by atoms with Crippen LogP contribution in [-0.2, 0) is 17.9 Å². The molecular formula is C29H33N3O5. The molecule has 0 radical (unpaired) electrons. The molecule has 3 amide bonds. The standard InChI is InChI=1S/C29H33N3O5/c1-18(2)20-6-9-23(10-7-20)30-29(34)31-24-11-13-26-22(14-24)17-32(28(33)19(3)37-26)16-21-8-12-25(35-4)15-27(21)36-5/h6-15,18-19H,16-17H2,1-5H3,(H2,30,31,34). The number of rotatable bonds is 7. The molecule has 0 saturated heterocycles. The van der Waals surface area contributed by atoms with Gasteiger partial charge in [0.05, 0.1) is 14.2 Å². The first-order chi connectivity index (χ1) is 17.8. The molecule has 1 aliphatic heterocycles. The molecule has 4 rings (SSSR count). The van der Waals surface area contributed by atoms with Gasteiger partial charge in [-0.3, -0.25) is 4.79 Å². The van der Waals surface area contributed by atoms with Crippen molar-refractivity contribution in [2.45, 2.75) is 45.9 Å². The van der Waals surface area contributed by atoms with Crippen molar-refractivity contribution < 1.29 is 23.8 Å². The van der Waals surface area contributed by atoms with E-state index in [1.165, 1.54) is 5.56 Å². The summed E-state index contributed by atoms with van der Waals surface area (Å²) >= 11 is 0. The summed E-state index contributed by atoms with van der Waals surface area (Å²) in [5.41, 5.74) is 4.16. The third-order valence-corrected chi connectivity index (χ3v) is 6.33. The Morgan fingerprint density at radius 2 is 1.70 bits per heavy atom. The van der Waals surface area contributed by atoms with Crippen LogP contribution in [0.2, 0.25) is 0 Å². The van der Waals surface area contributed by atoms with Gasteiger partial charge in [-0.1, -0.05) is 26.0 Å². The third-order valence-electron chi connectivity index (χ3n) is 6.33. The van der Waals surface area contributed by atoms with E-state index in [1.807, 2.05) is 42.5 Å². The second kappa shape index (κ2) is 11.2. The summed E-state index contributed by atoms with van der Waals surface area (Å²) in [5, 5.41) is 5.73. The highest BCUT2D eigenvalue weighted by atomic mass is 16.5. The molecule has 0 spiro atoms. The van der Waals surface area contributed by atoms with Crippen molar-refractivity contribution >= 4 is 23.3 Å². The molecule has 8 nitrogen and oxygen atoms in total. The van der Waals surface area contributed by atoms with E-state index in [2.05, 4.69) is 24.5 Å². The first-order valence-corrected chi connectivity index (χ1v) is 12.2. The van der Waals surface area contributed by atoms with Crippen LogP contribution in [0.4, 0.5) is 16.2 Å². The van der Waals surface area contributed by atoms with Crippen LogP contribution in [0.1, 0.15) is 43.4 Å². The van der Waals surface area contributed by atoms with Crippen molar-refractivity contribution in [3.8, 4) is 17.2 Å². The molecule has 1 unspecified atom stereocenters. The summed E-state index contributed by atoms with van der Waals surface area (Å²) in [6.45, 7) is 6.64. The molecule has 1 atom stereocenters. The molecule has 37 heavy (non-hydrogen) atoms. The van der Waals surface area contributed by atoms with Crippen LogP contribution in [-0.4, -0.2) is 37.2 Å². The number of methoxy groups -OCH3 is 2. The van der Waals surface area contributed by atoms with E-state index < -0.39 is 6.10 Å². The molecule has 3 aromatic carbocycles. The Balaban J connectivity index is 1.50. The van der Waals surface area contributed by atoms with Gasteiger partial charge in [0, 0.05) is 41.7 Å². The number of ether oxygens (including phenoxy) is 3. The minimum atomic E-state index is -0.651. The zero-order chi connectivity index (χ0) is 26.5. The lowest BCUT2D eigenvalue weighted by atomic mass is 10.0. The van der Waals surface area contributed by atoms with Gasteiger partial charge in [-0.2, -0.15) is 0 Å². The quantitative estimate of drug-likeness (QED) is 0.427. The predicted octanol–water partition coefficient (Wildman–Crippen LogP) is 5.78. The number of fused-ring (bicyclic) bond motifs is 1. The number of nitrogens with one attached hydrogen (secondary N) is 2. The van der Waals surface area contributed by atoms with Crippen molar-refractivity contribution in [3.05, 3.63) is 77.4 Å². The Kier molecular flexibility index (Phi) is 7.86. The van der Waals surface area contributed by atoms with Crippen LogP contribution in [0.25, 0.3) is 0 Å². The number of benzene rings is 3. The van der Waals surface area contributed by atoms with Gasteiger partial charge in [0.2, 0.25) is 0 Å². The normalized spacial score (nSPS) is 14.9. The number of hydrogen-bond acceptors (Lipinski definition) is 5. The molecule has 0 aliphatic carbocycles. The highest BCUT2D eigenvalue weighted by Gasteiger charge is 2.29. The molecule has 0 bridgehead atoms. The molecule has 0 fully saturated rings. The Morgan fingerprint density at radius 1 is 1.00 bits per heavy atom. The first kappa shape index (κ1) is 25.9. The van der Waals surface area contributed by atoms with E-state index in [0.717, 1.165) is 11.1 Å². The van der Waals surface area contributed by atoms with E-state index >= 15 is 0 Å². The number of amides is 3. The van der Waals surface area contributed by atoms with Gasteiger partial charge in [0.25, 0.3) is 5.91 Å². The minimum Gasteiger partial charge on any atom is -0.497 e. The number of urea groups is 1. The highest BCUT2D eigenvalue weighted by Crippen LogP contribution is 2.32. The van der Waals surface area contributed by atoms with Crippen molar-refractivity contribution in [1.82, 2.24) is 4.90 Å². The van der Waals surface area contributed by atoms with Crippen molar-refractivity contribution in [1.29, 1.82) is 0 Å². The van der Waals surface area contributed by atoms with Gasteiger partial charge in [-0.25, -0.2) is 4.79 Å². The fourth-order valence-electron chi connectivity index (χ4n) is 4.24. The van der Waals surface area contributed by atoms with E-state index in [4.69, 9.17) is 14.2 Å².